The lowest BCUT2D eigenvalue weighted by molar-refractivity contribution is -0.139. The third-order valence-corrected chi connectivity index (χ3v) is 5.28. The summed E-state index contributed by atoms with van der Waals surface area (Å²) in [6.45, 7) is 5.17. The first-order chi connectivity index (χ1) is 10.1. The molecule has 1 saturated carbocycles. The minimum Gasteiger partial charge on any atom is -0.394 e. The summed E-state index contributed by atoms with van der Waals surface area (Å²) in [6, 6.07) is 8.39. The number of likely N-dealkylation sites (tertiary alicyclic amines) is 1. The van der Waals surface area contributed by atoms with E-state index in [1.807, 2.05) is 11.0 Å². The fourth-order valence-electron chi connectivity index (χ4n) is 3.83. The van der Waals surface area contributed by atoms with Crippen LogP contribution in [0.5, 0.6) is 0 Å². The molecular formula is C18H25NO2. The Morgan fingerprint density at radius 1 is 1.38 bits per heavy atom. The van der Waals surface area contributed by atoms with Crippen molar-refractivity contribution < 1.29 is 9.90 Å². The number of piperidine rings is 1. The highest BCUT2D eigenvalue weighted by Gasteiger charge is 2.48. The summed E-state index contributed by atoms with van der Waals surface area (Å²) in [5, 5.41) is 9.62. The molecule has 1 amide bonds. The maximum absolute atomic E-state index is 12.8. The van der Waals surface area contributed by atoms with Gasteiger partial charge in [-0.05, 0) is 49.1 Å². The fraction of sp³-hybridized carbons (Fsp3) is 0.611. The molecule has 1 aliphatic heterocycles. The highest BCUT2D eigenvalue weighted by molar-refractivity contribution is 5.83. The van der Waals surface area contributed by atoms with Crippen LogP contribution in [0.3, 0.4) is 0 Å². The Morgan fingerprint density at radius 2 is 2.14 bits per heavy atom. The second kappa shape index (κ2) is 5.80. The SMILES string of the molecule is Cc1ccccc1C1CC1C(=O)N1CCCC(C)C1CO. The molecule has 0 spiro atoms. The number of aryl methyl sites for hydroxylation is 1. The van der Waals surface area contributed by atoms with E-state index in [0.717, 1.165) is 25.8 Å². The van der Waals surface area contributed by atoms with Crippen molar-refractivity contribution in [3.05, 3.63) is 35.4 Å². The molecule has 4 atom stereocenters. The van der Waals surface area contributed by atoms with Crippen molar-refractivity contribution in [1.29, 1.82) is 0 Å². The van der Waals surface area contributed by atoms with Crippen LogP contribution >= 0.6 is 0 Å². The molecule has 1 aromatic carbocycles. The minimum atomic E-state index is 0.0179. The minimum absolute atomic E-state index is 0.0179. The van der Waals surface area contributed by atoms with E-state index in [9.17, 15) is 9.90 Å². The van der Waals surface area contributed by atoms with Gasteiger partial charge in [0.05, 0.1) is 12.6 Å². The summed E-state index contributed by atoms with van der Waals surface area (Å²) in [5.41, 5.74) is 2.60. The van der Waals surface area contributed by atoms with Gasteiger partial charge in [-0.2, -0.15) is 0 Å². The van der Waals surface area contributed by atoms with E-state index in [1.165, 1.54) is 11.1 Å². The summed E-state index contributed by atoms with van der Waals surface area (Å²) in [7, 11) is 0. The van der Waals surface area contributed by atoms with Gasteiger partial charge in [0.2, 0.25) is 5.91 Å². The summed E-state index contributed by atoms with van der Waals surface area (Å²) in [4.78, 5) is 14.7. The van der Waals surface area contributed by atoms with Crippen LogP contribution in [0.15, 0.2) is 24.3 Å². The van der Waals surface area contributed by atoms with Crippen LogP contribution in [0.1, 0.15) is 43.2 Å². The van der Waals surface area contributed by atoms with Gasteiger partial charge >= 0.3 is 0 Å². The first-order valence-corrected chi connectivity index (χ1v) is 8.10. The molecule has 21 heavy (non-hydrogen) atoms. The molecule has 2 fully saturated rings. The van der Waals surface area contributed by atoms with Crippen molar-refractivity contribution in [2.45, 2.75) is 45.1 Å². The smallest absolute Gasteiger partial charge is 0.226 e. The van der Waals surface area contributed by atoms with E-state index in [-0.39, 0.29) is 24.5 Å². The zero-order valence-electron chi connectivity index (χ0n) is 13.0. The monoisotopic (exact) mass is 287 g/mol. The number of carbonyl (C=O) groups excluding carboxylic acids is 1. The number of benzene rings is 1. The number of nitrogens with zero attached hydrogens (tertiary/aromatic N) is 1. The predicted molar refractivity (Wildman–Crippen MR) is 83.0 cm³/mol. The number of aliphatic hydroxyl groups excluding tert-OH is 1. The molecule has 3 rings (SSSR count). The molecule has 2 aliphatic rings. The number of hydrogen-bond donors (Lipinski definition) is 1. The number of hydrogen-bond acceptors (Lipinski definition) is 2. The quantitative estimate of drug-likeness (QED) is 0.928. The van der Waals surface area contributed by atoms with Crippen molar-refractivity contribution in [1.82, 2.24) is 4.90 Å². The zero-order valence-corrected chi connectivity index (χ0v) is 13.0. The van der Waals surface area contributed by atoms with Crippen LogP contribution < -0.4 is 0 Å². The molecule has 3 heteroatoms. The van der Waals surface area contributed by atoms with Crippen molar-refractivity contribution >= 4 is 5.91 Å². The fourth-order valence-corrected chi connectivity index (χ4v) is 3.83. The highest BCUT2D eigenvalue weighted by atomic mass is 16.3. The molecule has 1 heterocycles. The molecule has 1 aromatic rings. The van der Waals surface area contributed by atoms with Crippen molar-refractivity contribution in [2.24, 2.45) is 11.8 Å². The van der Waals surface area contributed by atoms with Crippen LogP contribution in [0.25, 0.3) is 0 Å². The maximum atomic E-state index is 12.8. The molecule has 1 aliphatic carbocycles. The topological polar surface area (TPSA) is 40.5 Å². The van der Waals surface area contributed by atoms with Gasteiger partial charge in [0, 0.05) is 12.5 Å². The number of amides is 1. The van der Waals surface area contributed by atoms with E-state index in [0.29, 0.717) is 11.8 Å². The summed E-state index contributed by atoms with van der Waals surface area (Å²) in [5.74, 6) is 1.18. The Bertz CT molecular complexity index is 528. The van der Waals surface area contributed by atoms with Gasteiger partial charge in [-0.25, -0.2) is 0 Å². The third-order valence-electron chi connectivity index (χ3n) is 5.28. The molecular weight excluding hydrogens is 262 g/mol. The summed E-state index contributed by atoms with van der Waals surface area (Å²) >= 11 is 0. The van der Waals surface area contributed by atoms with Gasteiger partial charge in [-0.3, -0.25) is 4.79 Å². The second-order valence-electron chi connectivity index (χ2n) is 6.71. The first kappa shape index (κ1) is 14.6. The summed E-state index contributed by atoms with van der Waals surface area (Å²) < 4.78 is 0. The zero-order chi connectivity index (χ0) is 15.0. The van der Waals surface area contributed by atoms with Crippen LogP contribution in [-0.4, -0.2) is 35.1 Å². The van der Waals surface area contributed by atoms with Crippen LogP contribution in [0.2, 0.25) is 0 Å². The van der Waals surface area contributed by atoms with Gasteiger partial charge in [-0.1, -0.05) is 31.2 Å². The predicted octanol–water partition coefficient (Wildman–Crippen LogP) is 2.72. The Balaban J connectivity index is 1.71. The van der Waals surface area contributed by atoms with Gasteiger partial charge in [0.1, 0.15) is 0 Å². The van der Waals surface area contributed by atoms with E-state index in [4.69, 9.17) is 0 Å². The Hall–Kier alpha value is -1.35. The number of rotatable bonds is 3. The van der Waals surface area contributed by atoms with E-state index in [1.54, 1.807) is 0 Å². The molecule has 0 radical (unpaired) electrons. The van der Waals surface area contributed by atoms with Crippen LogP contribution in [0.4, 0.5) is 0 Å². The average molecular weight is 287 g/mol. The molecule has 3 nitrogen and oxygen atoms in total. The molecule has 114 valence electrons. The van der Waals surface area contributed by atoms with E-state index < -0.39 is 0 Å². The highest BCUT2D eigenvalue weighted by Crippen LogP contribution is 2.50. The lowest BCUT2D eigenvalue weighted by Gasteiger charge is -2.39. The van der Waals surface area contributed by atoms with Crippen molar-refractivity contribution in [3.8, 4) is 0 Å². The maximum Gasteiger partial charge on any atom is 0.226 e. The lowest BCUT2D eigenvalue weighted by Crippen LogP contribution is -2.50. The standard InChI is InChI=1S/C18H25NO2/c1-12-6-3-4-8-14(12)15-10-16(15)18(21)19-9-5-7-13(2)17(19)11-20/h3-4,6,8,13,15-17,20H,5,7,9-11H2,1-2H3. The Kier molecular flexibility index (Phi) is 4.03. The third kappa shape index (κ3) is 2.71. The largest absolute Gasteiger partial charge is 0.394 e. The number of carbonyl (C=O) groups is 1. The Morgan fingerprint density at radius 3 is 2.86 bits per heavy atom. The van der Waals surface area contributed by atoms with Crippen molar-refractivity contribution in [3.63, 3.8) is 0 Å². The molecule has 1 saturated heterocycles. The first-order valence-electron chi connectivity index (χ1n) is 8.10. The molecule has 0 aromatic heterocycles. The van der Waals surface area contributed by atoms with Gasteiger partial charge in [0.15, 0.2) is 0 Å². The number of aliphatic hydroxyl groups is 1. The normalized spacial score (nSPS) is 32.0. The van der Waals surface area contributed by atoms with Crippen LogP contribution in [0, 0.1) is 18.8 Å². The van der Waals surface area contributed by atoms with E-state index in [2.05, 4.69) is 32.0 Å². The summed E-state index contributed by atoms with van der Waals surface area (Å²) in [6.07, 6.45) is 3.14. The van der Waals surface area contributed by atoms with E-state index >= 15 is 0 Å². The lowest BCUT2D eigenvalue weighted by atomic mass is 9.90. The van der Waals surface area contributed by atoms with Gasteiger partial charge < -0.3 is 10.0 Å². The van der Waals surface area contributed by atoms with Crippen molar-refractivity contribution in [2.75, 3.05) is 13.2 Å². The average Bonchev–Trinajstić information content (AvgIpc) is 3.27. The molecule has 0 bridgehead atoms. The van der Waals surface area contributed by atoms with Crippen LogP contribution in [-0.2, 0) is 4.79 Å². The van der Waals surface area contributed by atoms with Gasteiger partial charge in [0.25, 0.3) is 0 Å². The van der Waals surface area contributed by atoms with Gasteiger partial charge in [-0.15, -0.1) is 0 Å². The second-order valence-corrected chi connectivity index (χ2v) is 6.71. The Labute approximate surface area is 127 Å². The molecule has 1 N–H and O–H groups in total. The molecule has 4 unspecified atom stereocenters.